The van der Waals surface area contributed by atoms with Gasteiger partial charge >= 0.3 is 6.03 Å². The van der Waals surface area contributed by atoms with E-state index in [1.807, 2.05) is 35.4 Å². The monoisotopic (exact) mass is 346 g/mol. The van der Waals surface area contributed by atoms with E-state index in [1.54, 1.807) is 18.4 Å². The van der Waals surface area contributed by atoms with Crippen molar-refractivity contribution in [1.29, 1.82) is 0 Å². The number of nitrogens with one attached hydrogen (secondary N) is 1. The first-order valence-electron chi connectivity index (χ1n) is 7.97. The minimum atomic E-state index is -0.0491. The van der Waals surface area contributed by atoms with Crippen LogP contribution in [0.2, 0.25) is 0 Å². The van der Waals surface area contributed by atoms with Crippen LogP contribution in [-0.2, 0) is 11.3 Å². The van der Waals surface area contributed by atoms with Crippen molar-refractivity contribution in [2.75, 3.05) is 26.8 Å². The van der Waals surface area contributed by atoms with Crippen molar-refractivity contribution in [3.8, 4) is 5.75 Å². The fourth-order valence-corrected chi connectivity index (χ4v) is 3.54. The van der Waals surface area contributed by atoms with Crippen LogP contribution < -0.4 is 10.1 Å². The van der Waals surface area contributed by atoms with Gasteiger partial charge in [0.2, 0.25) is 0 Å². The average molecular weight is 346 g/mol. The summed E-state index contributed by atoms with van der Waals surface area (Å²) in [6.45, 7) is 4.27. The number of carbonyl (C=O) groups excluding carboxylic acids is 1. The van der Waals surface area contributed by atoms with E-state index in [0.29, 0.717) is 26.2 Å². The first-order valence-corrected chi connectivity index (χ1v) is 8.91. The van der Waals surface area contributed by atoms with Gasteiger partial charge in [-0.05, 0) is 46.5 Å². The summed E-state index contributed by atoms with van der Waals surface area (Å²) in [4.78, 5) is 14.3. The van der Waals surface area contributed by atoms with Crippen molar-refractivity contribution in [1.82, 2.24) is 10.2 Å². The quantitative estimate of drug-likeness (QED) is 0.924. The molecule has 0 spiro atoms. The van der Waals surface area contributed by atoms with Crippen LogP contribution in [0.1, 0.15) is 22.8 Å². The van der Waals surface area contributed by atoms with E-state index in [9.17, 15) is 4.79 Å². The number of hydrogen-bond donors (Lipinski definition) is 1. The highest BCUT2D eigenvalue weighted by molar-refractivity contribution is 7.07. The lowest BCUT2D eigenvalue weighted by Gasteiger charge is -2.32. The molecule has 1 atom stereocenters. The van der Waals surface area contributed by atoms with Crippen LogP contribution in [0, 0.1) is 6.92 Å². The number of morpholine rings is 1. The summed E-state index contributed by atoms with van der Waals surface area (Å²) in [6.07, 6.45) is -0.0287. The molecule has 128 valence electrons. The Balaban J connectivity index is 1.55. The third-order valence-corrected chi connectivity index (χ3v) is 4.87. The number of thiophene rings is 1. The Kier molecular flexibility index (Phi) is 5.37. The second-order valence-electron chi connectivity index (χ2n) is 5.82. The Morgan fingerprint density at radius 3 is 3.04 bits per heavy atom. The molecule has 1 aromatic carbocycles. The van der Waals surface area contributed by atoms with Crippen molar-refractivity contribution >= 4 is 17.4 Å². The molecule has 2 amide bonds. The molecule has 0 unspecified atom stereocenters. The van der Waals surface area contributed by atoms with Crippen LogP contribution in [0.25, 0.3) is 0 Å². The molecule has 6 heteroatoms. The first-order chi connectivity index (χ1) is 11.7. The van der Waals surface area contributed by atoms with Gasteiger partial charge in [0.1, 0.15) is 11.9 Å². The number of amides is 2. The van der Waals surface area contributed by atoms with E-state index in [-0.39, 0.29) is 12.1 Å². The molecule has 2 aromatic rings. The lowest BCUT2D eigenvalue weighted by molar-refractivity contribution is -0.0152. The van der Waals surface area contributed by atoms with Gasteiger partial charge in [-0.25, -0.2) is 4.79 Å². The van der Waals surface area contributed by atoms with Gasteiger partial charge in [-0.2, -0.15) is 11.3 Å². The largest absolute Gasteiger partial charge is 0.496 e. The van der Waals surface area contributed by atoms with E-state index in [1.165, 1.54) is 0 Å². The normalized spacial score (nSPS) is 17.6. The Hall–Kier alpha value is -2.05. The van der Waals surface area contributed by atoms with E-state index >= 15 is 0 Å². The highest BCUT2D eigenvalue weighted by Crippen LogP contribution is 2.24. The molecule has 3 rings (SSSR count). The van der Waals surface area contributed by atoms with Crippen LogP contribution >= 0.6 is 11.3 Å². The summed E-state index contributed by atoms with van der Waals surface area (Å²) < 4.78 is 11.0. The zero-order valence-corrected chi connectivity index (χ0v) is 14.8. The summed E-state index contributed by atoms with van der Waals surface area (Å²) >= 11 is 1.65. The Morgan fingerprint density at radius 1 is 1.46 bits per heavy atom. The minimum absolute atomic E-state index is 0.0287. The van der Waals surface area contributed by atoms with Gasteiger partial charge in [-0.15, -0.1) is 0 Å². The van der Waals surface area contributed by atoms with E-state index in [4.69, 9.17) is 9.47 Å². The van der Waals surface area contributed by atoms with E-state index < -0.39 is 0 Å². The van der Waals surface area contributed by atoms with Crippen LogP contribution in [0.4, 0.5) is 4.79 Å². The molecule has 1 aliphatic heterocycles. The molecule has 2 heterocycles. The molecule has 0 aliphatic carbocycles. The predicted molar refractivity (Wildman–Crippen MR) is 94.6 cm³/mol. The number of rotatable bonds is 4. The summed E-state index contributed by atoms with van der Waals surface area (Å²) in [5.41, 5.74) is 3.26. The van der Waals surface area contributed by atoms with Crippen LogP contribution in [-0.4, -0.2) is 37.7 Å². The molecule has 1 N–H and O–H groups in total. The van der Waals surface area contributed by atoms with Gasteiger partial charge in [0.05, 0.1) is 20.3 Å². The maximum Gasteiger partial charge on any atom is 0.317 e. The first kappa shape index (κ1) is 16.8. The Bertz CT molecular complexity index is 688. The Labute approximate surface area is 146 Å². The lowest BCUT2D eigenvalue weighted by atomic mass is 10.1. The average Bonchev–Trinajstić information content (AvgIpc) is 3.14. The maximum absolute atomic E-state index is 12.4. The van der Waals surface area contributed by atoms with Crippen molar-refractivity contribution in [3.05, 3.63) is 51.7 Å². The number of nitrogens with zero attached hydrogens (tertiary/aromatic N) is 1. The summed E-state index contributed by atoms with van der Waals surface area (Å²) in [5, 5.41) is 7.10. The van der Waals surface area contributed by atoms with Gasteiger partial charge in [-0.3, -0.25) is 0 Å². The van der Waals surface area contributed by atoms with Crippen molar-refractivity contribution in [2.45, 2.75) is 19.6 Å². The van der Waals surface area contributed by atoms with Gasteiger partial charge in [0, 0.05) is 13.1 Å². The van der Waals surface area contributed by atoms with Crippen molar-refractivity contribution < 1.29 is 14.3 Å². The van der Waals surface area contributed by atoms with Crippen LogP contribution in [0.15, 0.2) is 35.0 Å². The molecule has 1 aromatic heterocycles. The number of urea groups is 1. The van der Waals surface area contributed by atoms with Gasteiger partial charge in [0.15, 0.2) is 0 Å². The fraction of sp³-hybridized carbons (Fsp3) is 0.389. The topological polar surface area (TPSA) is 50.8 Å². The predicted octanol–water partition coefficient (Wildman–Crippen LogP) is 3.35. The molecule has 1 fully saturated rings. The minimum Gasteiger partial charge on any atom is -0.496 e. The van der Waals surface area contributed by atoms with Crippen LogP contribution in [0.3, 0.4) is 0 Å². The zero-order valence-electron chi connectivity index (χ0n) is 14.0. The third-order valence-electron chi connectivity index (χ3n) is 4.17. The molecular formula is C18H22N2O3S. The second-order valence-corrected chi connectivity index (χ2v) is 6.60. The van der Waals surface area contributed by atoms with Crippen molar-refractivity contribution in [3.63, 3.8) is 0 Å². The molecule has 0 saturated carbocycles. The number of hydrogen-bond acceptors (Lipinski definition) is 4. The van der Waals surface area contributed by atoms with Crippen LogP contribution in [0.5, 0.6) is 5.75 Å². The summed E-state index contributed by atoms with van der Waals surface area (Å²) in [5.74, 6) is 0.858. The number of carbonyl (C=O) groups is 1. The molecular weight excluding hydrogens is 324 g/mol. The zero-order chi connectivity index (χ0) is 16.9. The SMILES string of the molecule is COc1ccc(CNC(=O)N2CCO[C@@H](c3ccsc3)C2)cc1C. The van der Waals surface area contributed by atoms with E-state index in [0.717, 1.165) is 22.4 Å². The van der Waals surface area contributed by atoms with Crippen molar-refractivity contribution in [2.24, 2.45) is 0 Å². The molecule has 1 saturated heterocycles. The van der Waals surface area contributed by atoms with Gasteiger partial charge in [-0.1, -0.05) is 12.1 Å². The van der Waals surface area contributed by atoms with Gasteiger partial charge in [0.25, 0.3) is 0 Å². The Morgan fingerprint density at radius 2 is 2.33 bits per heavy atom. The third kappa shape index (κ3) is 3.88. The number of aryl methyl sites for hydroxylation is 1. The smallest absolute Gasteiger partial charge is 0.317 e. The molecule has 0 bridgehead atoms. The number of methoxy groups -OCH3 is 1. The fourth-order valence-electron chi connectivity index (χ4n) is 2.83. The molecule has 1 aliphatic rings. The maximum atomic E-state index is 12.4. The number of ether oxygens (including phenoxy) is 2. The molecule has 24 heavy (non-hydrogen) atoms. The summed E-state index contributed by atoms with van der Waals surface area (Å²) in [6, 6.07) is 7.94. The highest BCUT2D eigenvalue weighted by atomic mass is 32.1. The molecule has 0 radical (unpaired) electrons. The summed E-state index contributed by atoms with van der Waals surface area (Å²) in [7, 11) is 1.66. The second kappa shape index (κ2) is 7.68. The standard InChI is InChI=1S/C18H22N2O3S/c1-13-9-14(3-4-16(13)22-2)10-19-18(21)20-6-7-23-17(11-20)15-5-8-24-12-15/h3-5,8-9,12,17H,6-7,10-11H2,1-2H3,(H,19,21)/t17-/m1/s1. The molecule has 5 nitrogen and oxygen atoms in total. The lowest BCUT2D eigenvalue weighted by Crippen LogP contribution is -2.46. The number of benzene rings is 1. The van der Waals surface area contributed by atoms with Gasteiger partial charge < -0.3 is 19.7 Å². The highest BCUT2D eigenvalue weighted by Gasteiger charge is 2.25. The van der Waals surface area contributed by atoms with E-state index in [2.05, 4.69) is 16.8 Å².